The topological polar surface area (TPSA) is 66.9 Å². The molecule has 7 heteroatoms. The fraction of sp³-hybridized carbons (Fsp3) is 0.400. The molecule has 3 rings (SSSR count). The summed E-state index contributed by atoms with van der Waals surface area (Å²) in [7, 11) is 1.61. The van der Waals surface area contributed by atoms with Crippen molar-refractivity contribution in [3.05, 3.63) is 33.8 Å². The third-order valence-electron chi connectivity index (χ3n) is 4.06. The number of likely N-dealkylation sites (tertiary alicyclic amines) is 1. The highest BCUT2D eigenvalue weighted by atomic mass is 79.9. The number of ether oxygens (including phenoxy) is 1. The Morgan fingerprint density at radius 3 is 2.73 bits per heavy atom. The van der Waals surface area contributed by atoms with E-state index in [1.165, 1.54) is 0 Å². The SMILES string of the molecule is COC1CCN(C(=O)CN2C(=O)c3ccc(Br)cc3C2=O)C1. The number of nitrogens with zero attached hydrogens (tertiary/aromatic N) is 2. The third kappa shape index (κ3) is 2.55. The normalized spacial score (nSPS) is 20.7. The van der Waals surface area contributed by atoms with Gasteiger partial charge in [0.2, 0.25) is 5.91 Å². The molecule has 0 aromatic heterocycles. The summed E-state index contributed by atoms with van der Waals surface area (Å²) < 4.78 is 5.95. The van der Waals surface area contributed by atoms with Gasteiger partial charge in [-0.15, -0.1) is 0 Å². The zero-order chi connectivity index (χ0) is 15.9. The first-order chi connectivity index (χ1) is 10.5. The Morgan fingerprint density at radius 1 is 1.32 bits per heavy atom. The fourth-order valence-electron chi connectivity index (χ4n) is 2.79. The van der Waals surface area contributed by atoms with E-state index in [4.69, 9.17) is 4.74 Å². The summed E-state index contributed by atoms with van der Waals surface area (Å²) >= 11 is 3.28. The fourth-order valence-corrected chi connectivity index (χ4v) is 3.15. The van der Waals surface area contributed by atoms with Crippen LogP contribution in [0.1, 0.15) is 27.1 Å². The molecule has 116 valence electrons. The smallest absolute Gasteiger partial charge is 0.262 e. The molecule has 1 atom stereocenters. The first-order valence-electron chi connectivity index (χ1n) is 6.97. The number of rotatable bonds is 3. The van der Waals surface area contributed by atoms with Gasteiger partial charge >= 0.3 is 0 Å². The minimum atomic E-state index is -0.419. The predicted octanol–water partition coefficient (Wildman–Crippen LogP) is 1.29. The Balaban J connectivity index is 1.73. The van der Waals surface area contributed by atoms with Crippen LogP contribution in [0.15, 0.2) is 22.7 Å². The number of benzene rings is 1. The highest BCUT2D eigenvalue weighted by molar-refractivity contribution is 9.10. The number of halogens is 1. The van der Waals surface area contributed by atoms with Gasteiger partial charge in [0, 0.05) is 24.7 Å². The monoisotopic (exact) mass is 366 g/mol. The molecule has 2 aliphatic heterocycles. The molecule has 1 aromatic rings. The van der Waals surface area contributed by atoms with Crippen LogP contribution in [0.5, 0.6) is 0 Å². The van der Waals surface area contributed by atoms with Crippen molar-refractivity contribution >= 4 is 33.7 Å². The van der Waals surface area contributed by atoms with E-state index in [1.54, 1.807) is 30.2 Å². The van der Waals surface area contributed by atoms with E-state index in [-0.39, 0.29) is 18.6 Å². The molecule has 6 nitrogen and oxygen atoms in total. The largest absolute Gasteiger partial charge is 0.380 e. The van der Waals surface area contributed by atoms with Crippen molar-refractivity contribution in [2.75, 3.05) is 26.7 Å². The summed E-state index contributed by atoms with van der Waals surface area (Å²) in [6, 6.07) is 4.91. The number of imide groups is 1. The van der Waals surface area contributed by atoms with Crippen molar-refractivity contribution < 1.29 is 19.1 Å². The Kier molecular flexibility index (Phi) is 4.01. The number of methoxy groups -OCH3 is 1. The van der Waals surface area contributed by atoms with Crippen LogP contribution in [-0.2, 0) is 9.53 Å². The summed E-state index contributed by atoms with van der Waals surface area (Å²) in [5.74, 6) is -1.06. The molecule has 0 spiro atoms. The number of hydrogen-bond acceptors (Lipinski definition) is 4. The van der Waals surface area contributed by atoms with E-state index in [0.717, 1.165) is 15.8 Å². The van der Waals surface area contributed by atoms with E-state index >= 15 is 0 Å². The lowest BCUT2D eigenvalue weighted by atomic mass is 10.1. The highest BCUT2D eigenvalue weighted by Gasteiger charge is 2.38. The Hall–Kier alpha value is -1.73. The number of amides is 3. The predicted molar refractivity (Wildman–Crippen MR) is 81.5 cm³/mol. The van der Waals surface area contributed by atoms with Gasteiger partial charge in [-0.1, -0.05) is 15.9 Å². The van der Waals surface area contributed by atoms with Gasteiger partial charge in [-0.05, 0) is 24.6 Å². The number of fused-ring (bicyclic) bond motifs is 1. The zero-order valence-electron chi connectivity index (χ0n) is 12.0. The first-order valence-corrected chi connectivity index (χ1v) is 7.77. The van der Waals surface area contributed by atoms with E-state index in [9.17, 15) is 14.4 Å². The molecule has 1 aromatic carbocycles. The van der Waals surface area contributed by atoms with Crippen LogP contribution < -0.4 is 0 Å². The van der Waals surface area contributed by atoms with Crippen LogP contribution in [-0.4, -0.2) is 60.4 Å². The molecule has 1 saturated heterocycles. The lowest BCUT2D eigenvalue weighted by Crippen LogP contribution is -2.42. The minimum absolute atomic E-state index is 0.0297. The second kappa shape index (κ2) is 5.81. The average Bonchev–Trinajstić information content (AvgIpc) is 3.07. The Bertz CT molecular complexity index is 661. The minimum Gasteiger partial charge on any atom is -0.380 e. The second-order valence-corrected chi connectivity index (χ2v) is 6.29. The summed E-state index contributed by atoms with van der Waals surface area (Å²) in [6.45, 7) is 0.872. The van der Waals surface area contributed by atoms with Crippen LogP contribution >= 0.6 is 15.9 Å². The van der Waals surface area contributed by atoms with Crippen LogP contribution in [0, 0.1) is 0 Å². The van der Waals surface area contributed by atoms with Crippen molar-refractivity contribution in [1.29, 1.82) is 0 Å². The van der Waals surface area contributed by atoms with Crippen LogP contribution in [0.2, 0.25) is 0 Å². The average molecular weight is 367 g/mol. The van der Waals surface area contributed by atoms with Crippen molar-refractivity contribution in [3.63, 3.8) is 0 Å². The van der Waals surface area contributed by atoms with Gasteiger partial charge in [0.1, 0.15) is 6.54 Å². The molecule has 0 aliphatic carbocycles. The van der Waals surface area contributed by atoms with Gasteiger partial charge in [0.05, 0.1) is 17.2 Å². The number of hydrogen-bond donors (Lipinski definition) is 0. The third-order valence-corrected chi connectivity index (χ3v) is 4.55. The van der Waals surface area contributed by atoms with Crippen molar-refractivity contribution in [2.45, 2.75) is 12.5 Å². The maximum absolute atomic E-state index is 12.3. The molecule has 2 heterocycles. The highest BCUT2D eigenvalue weighted by Crippen LogP contribution is 2.26. The summed E-state index contributed by atoms with van der Waals surface area (Å²) in [5, 5.41) is 0. The van der Waals surface area contributed by atoms with E-state index < -0.39 is 11.8 Å². The van der Waals surface area contributed by atoms with Gasteiger partial charge in [-0.2, -0.15) is 0 Å². The van der Waals surface area contributed by atoms with Gasteiger partial charge in [0.15, 0.2) is 0 Å². The first kappa shape index (κ1) is 15.2. The summed E-state index contributed by atoms with van der Waals surface area (Å²) in [5.41, 5.74) is 0.681. The molecule has 1 fully saturated rings. The molecule has 1 unspecified atom stereocenters. The van der Waals surface area contributed by atoms with Gasteiger partial charge < -0.3 is 9.64 Å². The van der Waals surface area contributed by atoms with Crippen LogP contribution in [0.4, 0.5) is 0 Å². The zero-order valence-corrected chi connectivity index (χ0v) is 13.6. The van der Waals surface area contributed by atoms with Gasteiger partial charge in [0.25, 0.3) is 11.8 Å². The van der Waals surface area contributed by atoms with E-state index in [1.807, 2.05) is 0 Å². The van der Waals surface area contributed by atoms with E-state index in [2.05, 4.69) is 15.9 Å². The summed E-state index contributed by atoms with van der Waals surface area (Å²) in [4.78, 5) is 39.5. The number of carbonyl (C=O) groups is 3. The lowest BCUT2D eigenvalue weighted by molar-refractivity contribution is -0.130. The van der Waals surface area contributed by atoms with Crippen molar-refractivity contribution in [2.24, 2.45) is 0 Å². The molecule has 0 radical (unpaired) electrons. The molecule has 3 amide bonds. The van der Waals surface area contributed by atoms with Crippen LogP contribution in [0.3, 0.4) is 0 Å². The standard InChI is InChI=1S/C15H15BrN2O4/c1-22-10-4-5-17(7-10)13(19)8-18-14(20)11-3-2-9(16)6-12(11)15(18)21/h2-3,6,10H,4-5,7-8H2,1H3. The molecular weight excluding hydrogens is 352 g/mol. The van der Waals surface area contributed by atoms with Gasteiger partial charge in [-0.25, -0.2) is 0 Å². The summed E-state index contributed by atoms with van der Waals surface area (Å²) in [6.07, 6.45) is 0.805. The van der Waals surface area contributed by atoms with Gasteiger partial charge in [-0.3, -0.25) is 19.3 Å². The maximum Gasteiger partial charge on any atom is 0.262 e. The molecule has 0 bridgehead atoms. The molecule has 0 saturated carbocycles. The van der Waals surface area contributed by atoms with Crippen LogP contribution in [0.25, 0.3) is 0 Å². The maximum atomic E-state index is 12.3. The molecular formula is C15H15BrN2O4. The molecule has 0 N–H and O–H groups in total. The van der Waals surface area contributed by atoms with E-state index in [0.29, 0.717) is 24.2 Å². The molecule has 2 aliphatic rings. The van der Waals surface area contributed by atoms with Crippen molar-refractivity contribution in [1.82, 2.24) is 9.80 Å². The Labute approximate surface area is 136 Å². The lowest BCUT2D eigenvalue weighted by Gasteiger charge is -2.20. The van der Waals surface area contributed by atoms with Crippen molar-refractivity contribution in [3.8, 4) is 0 Å². The number of carbonyl (C=O) groups excluding carboxylic acids is 3. The Morgan fingerprint density at radius 2 is 2.05 bits per heavy atom. The second-order valence-electron chi connectivity index (χ2n) is 5.37. The quantitative estimate of drug-likeness (QED) is 0.756. The molecule has 22 heavy (non-hydrogen) atoms.